The summed E-state index contributed by atoms with van der Waals surface area (Å²) in [7, 11) is -2.85. The van der Waals surface area contributed by atoms with Crippen LogP contribution in [0, 0.1) is 11.3 Å². The van der Waals surface area contributed by atoms with Gasteiger partial charge in [-0.1, -0.05) is 13.8 Å². The van der Waals surface area contributed by atoms with Gasteiger partial charge in [0, 0.05) is 17.8 Å². The highest BCUT2D eigenvalue weighted by atomic mass is 32.2. The molecule has 0 aromatic heterocycles. The van der Waals surface area contributed by atoms with Crippen LogP contribution in [0.15, 0.2) is 0 Å². The van der Waals surface area contributed by atoms with E-state index < -0.39 is 9.84 Å². The van der Waals surface area contributed by atoms with Crippen molar-refractivity contribution >= 4 is 9.84 Å². The van der Waals surface area contributed by atoms with Gasteiger partial charge < -0.3 is 5.32 Å². The van der Waals surface area contributed by atoms with Crippen LogP contribution in [-0.2, 0) is 9.84 Å². The van der Waals surface area contributed by atoms with Crippen LogP contribution in [0.3, 0.4) is 0 Å². The average Bonchev–Trinajstić information content (AvgIpc) is 3.07. The molecule has 1 atom stereocenters. The van der Waals surface area contributed by atoms with E-state index in [1.165, 1.54) is 12.8 Å². The normalized spacial score (nSPS) is 20.3. The molecule has 0 heterocycles. The second-order valence-corrected chi connectivity index (χ2v) is 9.74. The number of rotatable bonds is 8. The van der Waals surface area contributed by atoms with E-state index in [9.17, 15) is 8.42 Å². The molecule has 0 saturated heterocycles. The van der Waals surface area contributed by atoms with Crippen LogP contribution in [0.2, 0.25) is 0 Å². The minimum absolute atomic E-state index is 0.0957. The van der Waals surface area contributed by atoms with Crippen molar-refractivity contribution in [3.8, 4) is 0 Å². The van der Waals surface area contributed by atoms with E-state index in [4.69, 9.17) is 0 Å². The number of sulfone groups is 1. The third-order valence-corrected chi connectivity index (χ3v) is 5.94. The molecule has 1 aliphatic carbocycles. The molecule has 0 aromatic rings. The Bertz CT molecular complexity index is 379. The molecule has 1 saturated carbocycles. The van der Waals surface area contributed by atoms with Crippen molar-refractivity contribution in [3.63, 3.8) is 0 Å². The molecule has 4 heteroatoms. The highest BCUT2D eigenvalue weighted by molar-refractivity contribution is 7.91. The van der Waals surface area contributed by atoms with Gasteiger partial charge in [0.25, 0.3) is 0 Å². The molecule has 1 unspecified atom stereocenters. The van der Waals surface area contributed by atoms with Crippen molar-refractivity contribution in [2.75, 3.05) is 18.1 Å². The van der Waals surface area contributed by atoms with Crippen molar-refractivity contribution in [1.29, 1.82) is 0 Å². The molecular formula is C15H31NO2S. The first-order chi connectivity index (χ1) is 8.58. The summed E-state index contributed by atoms with van der Waals surface area (Å²) >= 11 is 0. The highest BCUT2D eigenvalue weighted by Crippen LogP contribution is 2.47. The van der Waals surface area contributed by atoms with E-state index in [-0.39, 0.29) is 11.0 Å². The van der Waals surface area contributed by atoms with Gasteiger partial charge in [-0.2, -0.15) is 0 Å². The predicted molar refractivity (Wildman–Crippen MR) is 82.1 cm³/mol. The van der Waals surface area contributed by atoms with Crippen molar-refractivity contribution in [2.24, 2.45) is 11.3 Å². The largest absolute Gasteiger partial charge is 0.312 e. The zero-order chi connectivity index (χ0) is 14.7. The Kier molecular flexibility index (Phi) is 5.47. The molecule has 0 aliphatic heterocycles. The van der Waals surface area contributed by atoms with Gasteiger partial charge in [0.1, 0.15) is 9.84 Å². The molecule has 1 fully saturated rings. The Morgan fingerprint density at radius 2 is 1.68 bits per heavy atom. The summed E-state index contributed by atoms with van der Waals surface area (Å²) in [6, 6.07) is 0. The van der Waals surface area contributed by atoms with Crippen molar-refractivity contribution in [3.05, 3.63) is 0 Å². The smallest absolute Gasteiger partial charge is 0.150 e. The zero-order valence-electron chi connectivity index (χ0n) is 13.3. The molecular weight excluding hydrogens is 258 g/mol. The monoisotopic (exact) mass is 289 g/mol. The maximum Gasteiger partial charge on any atom is 0.150 e. The van der Waals surface area contributed by atoms with Gasteiger partial charge in [-0.3, -0.25) is 0 Å². The van der Waals surface area contributed by atoms with Crippen LogP contribution in [-0.4, -0.2) is 32.0 Å². The lowest BCUT2D eigenvalue weighted by atomic mass is 9.81. The van der Waals surface area contributed by atoms with E-state index >= 15 is 0 Å². The van der Waals surface area contributed by atoms with Crippen LogP contribution < -0.4 is 5.32 Å². The standard InChI is InChI=1S/C15H31NO2S/c1-6-10-19(17,18)11-9-15(5,13-7-8-13)12-16-14(2,3)4/h13,16H,6-12H2,1-5H3. The second kappa shape index (κ2) is 6.13. The topological polar surface area (TPSA) is 46.2 Å². The van der Waals surface area contributed by atoms with Crippen molar-refractivity contribution < 1.29 is 8.42 Å². The van der Waals surface area contributed by atoms with Crippen LogP contribution in [0.5, 0.6) is 0 Å². The van der Waals surface area contributed by atoms with Gasteiger partial charge in [0.2, 0.25) is 0 Å². The molecule has 0 amide bonds. The minimum atomic E-state index is -2.85. The molecule has 0 radical (unpaired) electrons. The minimum Gasteiger partial charge on any atom is -0.312 e. The lowest BCUT2D eigenvalue weighted by Crippen LogP contribution is -2.44. The SMILES string of the molecule is CCCS(=O)(=O)CCC(C)(CNC(C)(C)C)C1CC1. The quantitative estimate of drug-likeness (QED) is 0.747. The number of hydrogen-bond acceptors (Lipinski definition) is 3. The summed E-state index contributed by atoms with van der Waals surface area (Å²) in [5.74, 6) is 1.39. The molecule has 3 nitrogen and oxygen atoms in total. The summed E-state index contributed by atoms with van der Waals surface area (Å²) in [5, 5.41) is 3.56. The van der Waals surface area contributed by atoms with Gasteiger partial charge in [-0.25, -0.2) is 8.42 Å². The third kappa shape index (κ3) is 6.26. The van der Waals surface area contributed by atoms with E-state index in [0.29, 0.717) is 17.4 Å². The number of nitrogens with one attached hydrogen (secondary N) is 1. The molecule has 114 valence electrons. The Morgan fingerprint density at radius 1 is 1.11 bits per heavy atom. The summed E-state index contributed by atoms with van der Waals surface area (Å²) < 4.78 is 23.8. The average molecular weight is 289 g/mol. The first-order valence-electron chi connectivity index (χ1n) is 7.53. The molecule has 0 bridgehead atoms. The van der Waals surface area contributed by atoms with Crippen LogP contribution in [0.25, 0.3) is 0 Å². The van der Waals surface area contributed by atoms with Crippen LogP contribution in [0.4, 0.5) is 0 Å². The Balaban J connectivity index is 2.57. The zero-order valence-corrected chi connectivity index (χ0v) is 14.1. The summed E-state index contributed by atoms with van der Waals surface area (Å²) in [4.78, 5) is 0. The van der Waals surface area contributed by atoms with Gasteiger partial charge in [0.05, 0.1) is 5.75 Å². The lowest BCUT2D eigenvalue weighted by Gasteiger charge is -2.34. The van der Waals surface area contributed by atoms with Gasteiger partial charge in [-0.05, 0) is 57.8 Å². The summed E-state index contributed by atoms with van der Waals surface area (Å²) in [6.07, 6.45) is 4.04. The Morgan fingerprint density at radius 3 is 2.11 bits per heavy atom. The van der Waals surface area contributed by atoms with Gasteiger partial charge >= 0.3 is 0 Å². The molecule has 1 N–H and O–H groups in total. The maximum atomic E-state index is 11.9. The Labute approximate surface area is 119 Å². The lowest BCUT2D eigenvalue weighted by molar-refractivity contribution is 0.222. The van der Waals surface area contributed by atoms with E-state index in [2.05, 4.69) is 33.0 Å². The van der Waals surface area contributed by atoms with E-state index in [0.717, 1.165) is 19.4 Å². The molecule has 1 rings (SSSR count). The molecule has 0 spiro atoms. The van der Waals surface area contributed by atoms with Crippen molar-refractivity contribution in [1.82, 2.24) is 5.32 Å². The fourth-order valence-corrected chi connectivity index (χ4v) is 4.09. The van der Waals surface area contributed by atoms with Gasteiger partial charge in [0.15, 0.2) is 0 Å². The molecule has 1 aliphatic rings. The van der Waals surface area contributed by atoms with Crippen LogP contribution in [0.1, 0.15) is 60.3 Å². The van der Waals surface area contributed by atoms with Gasteiger partial charge in [-0.15, -0.1) is 0 Å². The van der Waals surface area contributed by atoms with E-state index in [1.807, 2.05) is 6.92 Å². The predicted octanol–water partition coefficient (Wildman–Crippen LogP) is 3.01. The molecule has 19 heavy (non-hydrogen) atoms. The first kappa shape index (κ1) is 17.0. The third-order valence-electron chi connectivity index (χ3n) is 4.08. The summed E-state index contributed by atoms with van der Waals surface area (Å²) in [5.41, 5.74) is 0.229. The summed E-state index contributed by atoms with van der Waals surface area (Å²) in [6.45, 7) is 11.6. The fourth-order valence-electron chi connectivity index (χ4n) is 2.49. The van der Waals surface area contributed by atoms with Crippen molar-refractivity contribution in [2.45, 2.75) is 65.8 Å². The number of hydrogen-bond donors (Lipinski definition) is 1. The maximum absolute atomic E-state index is 11.9. The van der Waals surface area contributed by atoms with Crippen LogP contribution >= 0.6 is 0 Å². The van der Waals surface area contributed by atoms with E-state index in [1.54, 1.807) is 0 Å². The fraction of sp³-hybridized carbons (Fsp3) is 1.00. The molecule has 0 aromatic carbocycles. The first-order valence-corrected chi connectivity index (χ1v) is 9.35. The Hall–Kier alpha value is -0.0900. The second-order valence-electron chi connectivity index (χ2n) is 7.43. The highest BCUT2D eigenvalue weighted by Gasteiger charge is 2.42.